The number of hydrogen-bond acceptors (Lipinski definition) is 11. The average molecular weight is 584 g/mol. The minimum Gasteiger partial charge on any atom is -0.614 e. The van der Waals surface area contributed by atoms with E-state index in [2.05, 4.69) is 32.4 Å². The first kappa shape index (κ1) is 27.5. The molecule has 2 aromatic heterocycles. The van der Waals surface area contributed by atoms with Gasteiger partial charge in [-0.15, -0.1) is 5.10 Å². The van der Waals surface area contributed by atoms with Gasteiger partial charge >= 0.3 is 6.09 Å². The van der Waals surface area contributed by atoms with E-state index in [0.29, 0.717) is 27.9 Å². The number of nitrogens with zero attached hydrogens (tertiary/aromatic N) is 6. The molecule has 40 heavy (non-hydrogen) atoms. The van der Waals surface area contributed by atoms with Crippen LogP contribution in [0.1, 0.15) is 11.4 Å². The van der Waals surface area contributed by atoms with Crippen LogP contribution in [0.2, 0.25) is 0 Å². The maximum atomic E-state index is 13.4. The summed E-state index contributed by atoms with van der Waals surface area (Å²) in [6.07, 6.45) is 3.91. The molecule has 0 spiro atoms. The number of tetrazole rings is 1. The van der Waals surface area contributed by atoms with Crippen LogP contribution in [0.25, 0.3) is 5.70 Å². The van der Waals surface area contributed by atoms with Gasteiger partial charge < -0.3 is 24.1 Å². The maximum Gasteiger partial charge on any atom is 0.408 e. The molecule has 13 nitrogen and oxygen atoms in total. The van der Waals surface area contributed by atoms with E-state index in [1.807, 2.05) is 18.2 Å². The van der Waals surface area contributed by atoms with Crippen LogP contribution >= 0.6 is 11.8 Å². The Bertz CT molecular complexity index is 1450. The number of hydrogen-bond donors (Lipinski definition) is 1. The molecule has 1 aromatic carbocycles. The summed E-state index contributed by atoms with van der Waals surface area (Å²) in [6, 6.07) is 8.00. The summed E-state index contributed by atoms with van der Waals surface area (Å²) in [5, 5.41) is 14.0. The van der Waals surface area contributed by atoms with Crippen LogP contribution < -0.4 is 14.8 Å². The first-order chi connectivity index (χ1) is 19.4. The molecule has 0 aliphatic carbocycles. The van der Waals surface area contributed by atoms with Crippen LogP contribution in [-0.2, 0) is 27.3 Å². The third kappa shape index (κ3) is 5.35. The number of β-lactam (4-membered cyclic amide) rings is 1. The lowest BCUT2D eigenvalue weighted by molar-refractivity contribution is -0.140. The van der Waals surface area contributed by atoms with Crippen molar-refractivity contribution >= 4 is 40.6 Å². The number of ether oxygens (including phenoxy) is 3. The number of fused-ring (bicyclic) bond motifs is 1. The third-order valence-electron chi connectivity index (χ3n) is 6.15. The van der Waals surface area contributed by atoms with Crippen molar-refractivity contribution in [2.24, 2.45) is 0 Å². The molecule has 0 radical (unpaired) electrons. The van der Waals surface area contributed by atoms with Gasteiger partial charge in [-0.25, -0.2) is 9.48 Å². The number of aromatic nitrogens is 5. The number of benzene rings is 1. The Kier molecular flexibility index (Phi) is 8.23. The number of rotatable bonds is 10. The number of methoxy groups -OCH3 is 2. The second-order valence-electron chi connectivity index (χ2n) is 8.53. The molecule has 0 bridgehead atoms. The molecule has 4 heterocycles. The van der Waals surface area contributed by atoms with E-state index in [9.17, 15) is 14.1 Å². The van der Waals surface area contributed by atoms with Crippen LogP contribution in [-0.4, -0.2) is 84.6 Å². The summed E-state index contributed by atoms with van der Waals surface area (Å²) in [5.41, 5.74) is 1.20. The van der Waals surface area contributed by atoms with Crippen molar-refractivity contribution in [2.45, 2.75) is 22.9 Å². The van der Waals surface area contributed by atoms with Crippen molar-refractivity contribution in [3.05, 3.63) is 71.7 Å². The number of amides is 2. The fraction of sp³-hybridized carbons (Fsp3) is 0.280. The first-order valence-electron chi connectivity index (χ1n) is 12.0. The highest BCUT2D eigenvalue weighted by molar-refractivity contribution is 8.04. The van der Waals surface area contributed by atoms with Crippen molar-refractivity contribution in [3.8, 4) is 11.5 Å². The Morgan fingerprint density at radius 1 is 1.27 bits per heavy atom. The summed E-state index contributed by atoms with van der Waals surface area (Å²) >= 11 is -0.182. The summed E-state index contributed by atoms with van der Waals surface area (Å²) < 4.78 is 30.7. The topological polar surface area (TPSA) is 157 Å². The quantitative estimate of drug-likeness (QED) is 0.211. The number of thioether (sulfide) groups is 1. The van der Waals surface area contributed by atoms with Crippen LogP contribution in [0.15, 0.2) is 65.2 Å². The lowest BCUT2D eigenvalue weighted by Gasteiger charge is -2.49. The Morgan fingerprint density at radius 2 is 2.08 bits per heavy atom. The number of pyridine rings is 1. The van der Waals surface area contributed by atoms with E-state index in [1.54, 1.807) is 43.4 Å². The van der Waals surface area contributed by atoms with Gasteiger partial charge in [0.1, 0.15) is 29.6 Å². The molecule has 208 valence electrons. The summed E-state index contributed by atoms with van der Waals surface area (Å²) in [7, 11) is 3.12. The van der Waals surface area contributed by atoms with Crippen LogP contribution in [0, 0.1) is 0 Å². The van der Waals surface area contributed by atoms with Gasteiger partial charge in [-0.2, -0.15) is 0 Å². The zero-order valence-electron chi connectivity index (χ0n) is 21.6. The van der Waals surface area contributed by atoms with Gasteiger partial charge in [0.25, 0.3) is 5.91 Å². The molecule has 15 heteroatoms. The van der Waals surface area contributed by atoms with Gasteiger partial charge in [0.15, 0.2) is 11.9 Å². The van der Waals surface area contributed by atoms with Gasteiger partial charge in [-0.3, -0.25) is 14.7 Å². The van der Waals surface area contributed by atoms with Crippen LogP contribution in [0.3, 0.4) is 0 Å². The Hall–Kier alpha value is -4.08. The van der Waals surface area contributed by atoms with E-state index in [-0.39, 0.29) is 18.9 Å². The molecular weight excluding hydrogens is 558 g/mol. The molecule has 1 fully saturated rings. The van der Waals surface area contributed by atoms with Crippen molar-refractivity contribution in [1.82, 2.24) is 35.4 Å². The standard InChI is InChI=1S/C25H25N7O6S2/c1-4-11-38-25(34)27-20-23(33)32-21(19(14-40(35)24(20)32)39-17-7-9-26-10-8-17)22-28-29-30-31(22)13-15-5-6-16(36-2)12-18(15)37-3/h4-10,12,20,24H,1,11,13-14H2,2-3H3,(H,27,34)/t20-,24-,40?/m1/s1. The molecular formula is C25H25N7O6S2. The molecule has 1 unspecified atom stereocenters. The molecule has 5 rings (SSSR count). The number of nitrogens with one attached hydrogen (secondary N) is 1. The number of carbonyl (C=O) groups excluding carboxylic acids is 2. The summed E-state index contributed by atoms with van der Waals surface area (Å²) in [6.45, 7) is 3.70. The molecule has 1 N–H and O–H groups in total. The highest BCUT2D eigenvalue weighted by Crippen LogP contribution is 2.45. The zero-order valence-corrected chi connectivity index (χ0v) is 23.2. The fourth-order valence-corrected chi connectivity index (χ4v) is 7.22. The highest BCUT2D eigenvalue weighted by Gasteiger charge is 2.61. The van der Waals surface area contributed by atoms with Crippen LogP contribution in [0.5, 0.6) is 11.5 Å². The predicted octanol–water partition coefficient (Wildman–Crippen LogP) is 1.81. The number of alkyl carbamates (subject to hydrolysis) is 1. The largest absolute Gasteiger partial charge is 0.614 e. The summed E-state index contributed by atoms with van der Waals surface area (Å²) in [4.78, 5) is 32.5. The van der Waals surface area contributed by atoms with E-state index in [4.69, 9.17) is 14.2 Å². The molecule has 3 aromatic rings. The first-order valence-corrected chi connectivity index (χ1v) is 14.2. The van der Waals surface area contributed by atoms with Crippen molar-refractivity contribution in [2.75, 3.05) is 26.6 Å². The monoisotopic (exact) mass is 583 g/mol. The zero-order chi connectivity index (χ0) is 28.2. The Morgan fingerprint density at radius 3 is 2.80 bits per heavy atom. The minimum absolute atomic E-state index is 0.0221. The Balaban J connectivity index is 1.52. The van der Waals surface area contributed by atoms with Crippen molar-refractivity contribution in [3.63, 3.8) is 0 Å². The minimum atomic E-state index is -1.53. The molecule has 2 aliphatic rings. The number of carbonyl (C=O) groups is 2. The van der Waals surface area contributed by atoms with Crippen molar-refractivity contribution < 1.29 is 28.4 Å². The van der Waals surface area contributed by atoms with Gasteiger partial charge in [0.05, 0.1) is 25.7 Å². The van der Waals surface area contributed by atoms with Gasteiger partial charge in [0, 0.05) is 28.9 Å². The normalized spacial score (nSPS) is 19.9. The van der Waals surface area contributed by atoms with Crippen molar-refractivity contribution in [1.29, 1.82) is 0 Å². The summed E-state index contributed by atoms with van der Waals surface area (Å²) in [5.74, 6) is 1.18. The lowest BCUT2D eigenvalue weighted by Crippen LogP contribution is -2.73. The second-order valence-corrected chi connectivity index (χ2v) is 11.2. The molecule has 3 atom stereocenters. The molecule has 0 saturated carbocycles. The van der Waals surface area contributed by atoms with Gasteiger partial charge in [-0.1, -0.05) is 24.4 Å². The molecule has 2 aliphatic heterocycles. The lowest BCUT2D eigenvalue weighted by atomic mass is 10.0. The third-order valence-corrected chi connectivity index (χ3v) is 9.01. The van der Waals surface area contributed by atoms with Gasteiger partial charge in [-0.05, 0) is 45.9 Å². The SMILES string of the molecule is C=CCOC(=O)N[C@@H]1C(=O)N2C(c3nnnn3Cc3ccc(OC)cc3OC)=C(Sc3ccncc3)C[S+]([O-])[C@H]12. The fourth-order valence-electron chi connectivity index (χ4n) is 4.31. The smallest absolute Gasteiger partial charge is 0.408 e. The van der Waals surface area contributed by atoms with Gasteiger partial charge in [0.2, 0.25) is 5.37 Å². The van der Waals surface area contributed by atoms with Crippen LogP contribution in [0.4, 0.5) is 4.79 Å². The van der Waals surface area contributed by atoms with E-state index >= 15 is 0 Å². The van der Waals surface area contributed by atoms with E-state index in [1.165, 1.54) is 22.7 Å². The maximum absolute atomic E-state index is 13.4. The highest BCUT2D eigenvalue weighted by atomic mass is 32.2. The van der Waals surface area contributed by atoms with E-state index < -0.39 is 34.6 Å². The Labute approximate surface area is 236 Å². The predicted molar refractivity (Wildman–Crippen MR) is 146 cm³/mol. The second kappa shape index (κ2) is 12.0. The molecule has 1 saturated heterocycles. The average Bonchev–Trinajstić information content (AvgIpc) is 3.43. The molecule has 2 amide bonds. The van der Waals surface area contributed by atoms with E-state index in [0.717, 1.165) is 10.5 Å².